The molecule has 2 heterocycles. The van der Waals surface area contributed by atoms with Crippen LogP contribution in [-0.4, -0.2) is 80.4 Å². The minimum Gasteiger partial charge on any atom is -0.449 e. The topological polar surface area (TPSA) is 71.1 Å². The van der Waals surface area contributed by atoms with Crippen molar-refractivity contribution in [2.75, 3.05) is 52.5 Å². The number of piperidine rings is 1. The van der Waals surface area contributed by atoms with E-state index < -0.39 is 0 Å². The molecule has 0 aromatic heterocycles. The molecule has 1 atom stereocenters. The second kappa shape index (κ2) is 10.5. The average molecular weight is 341 g/mol. The highest BCUT2D eigenvalue weighted by Crippen LogP contribution is 2.19. The van der Waals surface area contributed by atoms with E-state index in [0.717, 1.165) is 71.5 Å². The lowest BCUT2D eigenvalue weighted by atomic mass is 10.00. The highest BCUT2D eigenvalue weighted by Gasteiger charge is 2.24. The van der Waals surface area contributed by atoms with E-state index in [1.807, 2.05) is 4.90 Å². The van der Waals surface area contributed by atoms with Gasteiger partial charge in [-0.25, -0.2) is 4.79 Å². The van der Waals surface area contributed by atoms with Crippen LogP contribution < -0.4 is 5.32 Å². The van der Waals surface area contributed by atoms with E-state index in [1.54, 1.807) is 6.92 Å². The van der Waals surface area contributed by atoms with E-state index >= 15 is 0 Å². The Morgan fingerprint density at radius 1 is 1.21 bits per heavy atom. The van der Waals surface area contributed by atoms with Gasteiger partial charge in [0.1, 0.15) is 0 Å². The molecule has 1 N–H and O–H groups in total. The standard InChI is InChI=1S/C17H31N3O4/c1-15(21)20-9-3-2-5-16(20)6-12-24-17(22)18-7-4-8-19-10-13-23-14-11-19/h16H,2-14H2,1H3,(H,18,22). The summed E-state index contributed by atoms with van der Waals surface area (Å²) in [6.07, 6.45) is 4.49. The molecule has 0 aromatic rings. The number of carbonyl (C=O) groups excluding carboxylic acids is 2. The molecular formula is C17H31N3O4. The maximum Gasteiger partial charge on any atom is 0.407 e. The summed E-state index contributed by atoms with van der Waals surface area (Å²) >= 11 is 0. The van der Waals surface area contributed by atoms with Crippen LogP contribution in [0.1, 0.15) is 39.0 Å². The Morgan fingerprint density at radius 2 is 2.00 bits per heavy atom. The van der Waals surface area contributed by atoms with Crippen molar-refractivity contribution in [3.63, 3.8) is 0 Å². The summed E-state index contributed by atoms with van der Waals surface area (Å²) in [5, 5.41) is 2.79. The van der Waals surface area contributed by atoms with Crippen LogP contribution in [0, 0.1) is 0 Å². The molecular weight excluding hydrogens is 310 g/mol. The van der Waals surface area contributed by atoms with Crippen LogP contribution in [0.25, 0.3) is 0 Å². The molecule has 0 aromatic carbocycles. The molecule has 0 aliphatic carbocycles. The van der Waals surface area contributed by atoms with E-state index in [4.69, 9.17) is 9.47 Å². The van der Waals surface area contributed by atoms with Crippen molar-refractivity contribution in [3.8, 4) is 0 Å². The molecule has 0 bridgehead atoms. The third kappa shape index (κ3) is 6.65. The molecule has 7 heteroatoms. The average Bonchev–Trinajstić information content (AvgIpc) is 2.60. The zero-order chi connectivity index (χ0) is 17.2. The van der Waals surface area contributed by atoms with Gasteiger partial charge >= 0.3 is 6.09 Å². The van der Waals surface area contributed by atoms with Crippen LogP contribution in [0.5, 0.6) is 0 Å². The number of rotatable bonds is 7. The SMILES string of the molecule is CC(=O)N1CCCCC1CCOC(=O)NCCCN1CCOCC1. The lowest BCUT2D eigenvalue weighted by molar-refractivity contribution is -0.132. The normalized spacial score (nSPS) is 22.2. The molecule has 2 aliphatic heterocycles. The van der Waals surface area contributed by atoms with Crippen LogP contribution in [0.2, 0.25) is 0 Å². The first-order chi connectivity index (χ1) is 11.7. The van der Waals surface area contributed by atoms with Gasteiger partial charge in [0.2, 0.25) is 5.91 Å². The van der Waals surface area contributed by atoms with Crippen molar-refractivity contribution in [2.24, 2.45) is 0 Å². The Balaban J connectivity index is 1.52. The minimum atomic E-state index is -0.359. The number of amides is 2. The predicted octanol–water partition coefficient (Wildman–Crippen LogP) is 1.23. The van der Waals surface area contributed by atoms with Gasteiger partial charge in [0.25, 0.3) is 0 Å². The molecule has 7 nitrogen and oxygen atoms in total. The summed E-state index contributed by atoms with van der Waals surface area (Å²) in [6, 6.07) is 0.213. The molecule has 0 saturated carbocycles. The smallest absolute Gasteiger partial charge is 0.407 e. The first-order valence-electron chi connectivity index (χ1n) is 9.15. The fourth-order valence-electron chi connectivity index (χ4n) is 3.37. The van der Waals surface area contributed by atoms with Gasteiger partial charge in [-0.3, -0.25) is 9.69 Å². The molecule has 24 heavy (non-hydrogen) atoms. The summed E-state index contributed by atoms with van der Waals surface area (Å²) in [5.74, 6) is 0.118. The second-order valence-electron chi connectivity index (χ2n) is 6.52. The second-order valence-corrected chi connectivity index (χ2v) is 6.52. The monoisotopic (exact) mass is 341 g/mol. The van der Waals surface area contributed by atoms with E-state index in [1.165, 1.54) is 0 Å². The third-order valence-electron chi connectivity index (χ3n) is 4.74. The van der Waals surface area contributed by atoms with Crippen molar-refractivity contribution in [2.45, 2.75) is 45.1 Å². The summed E-state index contributed by atoms with van der Waals surface area (Å²) in [7, 11) is 0. The number of ether oxygens (including phenoxy) is 2. The Kier molecular flexibility index (Phi) is 8.32. The van der Waals surface area contributed by atoms with Gasteiger partial charge in [-0.15, -0.1) is 0 Å². The molecule has 2 rings (SSSR count). The first-order valence-corrected chi connectivity index (χ1v) is 9.15. The number of hydrogen-bond donors (Lipinski definition) is 1. The summed E-state index contributed by atoms with van der Waals surface area (Å²) < 4.78 is 10.5. The van der Waals surface area contributed by atoms with Gasteiger partial charge in [-0.1, -0.05) is 0 Å². The zero-order valence-electron chi connectivity index (χ0n) is 14.8. The van der Waals surface area contributed by atoms with E-state index in [2.05, 4.69) is 10.2 Å². The lowest BCUT2D eigenvalue weighted by Gasteiger charge is -2.35. The van der Waals surface area contributed by atoms with Crippen LogP contribution >= 0.6 is 0 Å². The molecule has 1 unspecified atom stereocenters. The predicted molar refractivity (Wildman–Crippen MR) is 90.9 cm³/mol. The molecule has 2 saturated heterocycles. The van der Waals surface area contributed by atoms with Gasteiger partial charge < -0.3 is 19.7 Å². The number of carbonyl (C=O) groups is 2. The maximum absolute atomic E-state index is 11.7. The number of nitrogens with one attached hydrogen (secondary N) is 1. The molecule has 138 valence electrons. The largest absolute Gasteiger partial charge is 0.449 e. The number of morpholine rings is 1. The van der Waals surface area contributed by atoms with Crippen molar-refractivity contribution in [1.82, 2.24) is 15.1 Å². The number of alkyl carbamates (subject to hydrolysis) is 1. The summed E-state index contributed by atoms with van der Waals surface area (Å²) in [6.45, 7) is 7.94. The number of nitrogens with zero attached hydrogens (tertiary/aromatic N) is 2. The van der Waals surface area contributed by atoms with Gasteiger partial charge in [-0.2, -0.15) is 0 Å². The molecule has 2 amide bonds. The molecule has 0 radical (unpaired) electrons. The van der Waals surface area contributed by atoms with Crippen molar-refractivity contribution < 1.29 is 19.1 Å². The van der Waals surface area contributed by atoms with Gasteiger partial charge in [0.15, 0.2) is 0 Å². The fourth-order valence-corrected chi connectivity index (χ4v) is 3.37. The van der Waals surface area contributed by atoms with Crippen LogP contribution in [0.4, 0.5) is 4.79 Å². The van der Waals surface area contributed by atoms with Crippen LogP contribution in [-0.2, 0) is 14.3 Å². The summed E-state index contributed by atoms with van der Waals surface area (Å²) in [5.41, 5.74) is 0. The Morgan fingerprint density at radius 3 is 2.75 bits per heavy atom. The zero-order valence-corrected chi connectivity index (χ0v) is 14.8. The molecule has 2 aliphatic rings. The highest BCUT2D eigenvalue weighted by atomic mass is 16.5. The highest BCUT2D eigenvalue weighted by molar-refractivity contribution is 5.73. The lowest BCUT2D eigenvalue weighted by Crippen LogP contribution is -2.43. The van der Waals surface area contributed by atoms with Crippen molar-refractivity contribution in [3.05, 3.63) is 0 Å². The van der Waals surface area contributed by atoms with Crippen molar-refractivity contribution >= 4 is 12.0 Å². The van der Waals surface area contributed by atoms with Crippen LogP contribution in [0.3, 0.4) is 0 Å². The van der Waals surface area contributed by atoms with Gasteiger partial charge in [0.05, 0.1) is 19.8 Å². The fraction of sp³-hybridized carbons (Fsp3) is 0.882. The minimum absolute atomic E-state index is 0.118. The third-order valence-corrected chi connectivity index (χ3v) is 4.74. The first kappa shape index (κ1) is 19.0. The molecule has 2 fully saturated rings. The maximum atomic E-state index is 11.7. The number of hydrogen-bond acceptors (Lipinski definition) is 5. The van der Waals surface area contributed by atoms with E-state index in [-0.39, 0.29) is 18.0 Å². The van der Waals surface area contributed by atoms with E-state index in [9.17, 15) is 9.59 Å². The summed E-state index contributed by atoms with van der Waals surface area (Å²) in [4.78, 5) is 27.6. The van der Waals surface area contributed by atoms with Gasteiger partial charge in [-0.05, 0) is 32.2 Å². The quantitative estimate of drug-likeness (QED) is 0.705. The Labute approximate surface area is 144 Å². The van der Waals surface area contributed by atoms with Crippen LogP contribution in [0.15, 0.2) is 0 Å². The number of likely N-dealkylation sites (tertiary alicyclic amines) is 1. The van der Waals surface area contributed by atoms with Gasteiger partial charge in [0, 0.05) is 45.6 Å². The Hall–Kier alpha value is -1.34. The van der Waals surface area contributed by atoms with E-state index in [0.29, 0.717) is 13.2 Å². The van der Waals surface area contributed by atoms with Crippen molar-refractivity contribution in [1.29, 1.82) is 0 Å². The Bertz CT molecular complexity index is 399. The molecule has 0 spiro atoms.